The Morgan fingerprint density at radius 2 is 1.91 bits per heavy atom. The minimum Gasteiger partial charge on any atom is -0.314 e. The van der Waals surface area contributed by atoms with Gasteiger partial charge >= 0.3 is 0 Å². The number of piperazine rings is 1. The molecule has 1 atom stereocenters. The molecule has 0 aromatic carbocycles. The van der Waals surface area contributed by atoms with Crippen molar-refractivity contribution in [2.75, 3.05) is 39.3 Å². The van der Waals surface area contributed by atoms with Crippen molar-refractivity contribution in [3.8, 4) is 0 Å². The average Bonchev–Trinajstić information content (AvgIpc) is 3.13. The van der Waals surface area contributed by atoms with Gasteiger partial charge < -0.3 is 5.32 Å². The molecule has 130 valence electrons. The second kappa shape index (κ2) is 6.51. The van der Waals surface area contributed by atoms with Crippen molar-refractivity contribution in [2.24, 2.45) is 0 Å². The molecule has 2 saturated heterocycles. The third-order valence-electron chi connectivity index (χ3n) is 5.01. The van der Waals surface area contributed by atoms with Gasteiger partial charge in [-0.1, -0.05) is 0 Å². The van der Waals surface area contributed by atoms with E-state index in [4.69, 9.17) is 0 Å². The number of sulfonamides is 1. The smallest absolute Gasteiger partial charge is 0.246 e. The Hall–Kier alpha value is -0.960. The molecule has 0 spiro atoms. The maximum atomic E-state index is 13.1. The summed E-state index contributed by atoms with van der Waals surface area (Å²) in [4.78, 5) is 2.82. The van der Waals surface area contributed by atoms with Crippen LogP contribution in [0.15, 0.2) is 4.90 Å². The summed E-state index contributed by atoms with van der Waals surface area (Å²) in [5.41, 5.74) is 1.35. The molecule has 0 radical (unpaired) electrons. The van der Waals surface area contributed by atoms with Crippen LogP contribution in [0.2, 0.25) is 0 Å². The molecule has 0 aliphatic carbocycles. The van der Waals surface area contributed by atoms with Crippen molar-refractivity contribution in [3.63, 3.8) is 0 Å². The van der Waals surface area contributed by atoms with Crippen molar-refractivity contribution >= 4 is 10.0 Å². The first kappa shape index (κ1) is 16.9. The molecule has 7 nitrogen and oxygen atoms in total. The molecule has 1 aromatic heterocycles. The molecule has 3 rings (SSSR count). The van der Waals surface area contributed by atoms with Crippen LogP contribution >= 0.6 is 0 Å². The van der Waals surface area contributed by atoms with Gasteiger partial charge in [-0.3, -0.25) is 9.58 Å². The lowest BCUT2D eigenvalue weighted by atomic mass is 10.2. The van der Waals surface area contributed by atoms with Gasteiger partial charge in [0.15, 0.2) is 0 Å². The zero-order chi connectivity index (χ0) is 16.6. The molecule has 2 fully saturated rings. The number of nitrogens with one attached hydrogen (secondary N) is 1. The van der Waals surface area contributed by atoms with Crippen LogP contribution < -0.4 is 5.32 Å². The quantitative estimate of drug-likeness (QED) is 0.846. The van der Waals surface area contributed by atoms with Crippen LogP contribution in [0.25, 0.3) is 0 Å². The van der Waals surface area contributed by atoms with E-state index in [2.05, 4.69) is 15.3 Å². The molecule has 0 bridgehead atoms. The van der Waals surface area contributed by atoms with E-state index < -0.39 is 10.0 Å². The first-order valence-electron chi connectivity index (χ1n) is 8.44. The van der Waals surface area contributed by atoms with Gasteiger partial charge in [-0.15, -0.1) is 0 Å². The van der Waals surface area contributed by atoms with Crippen molar-refractivity contribution in [3.05, 3.63) is 11.4 Å². The maximum Gasteiger partial charge on any atom is 0.246 e. The highest BCUT2D eigenvalue weighted by molar-refractivity contribution is 7.89. The van der Waals surface area contributed by atoms with E-state index in [-0.39, 0.29) is 0 Å². The largest absolute Gasteiger partial charge is 0.314 e. The standard InChI is InChI=1S/C15H27N5O2S/c1-4-20-13(3)15(12(2)17-20)23(21,22)19-8-5-14(11-19)18-9-6-16-7-10-18/h14,16H,4-11H2,1-3H3. The molecule has 2 aliphatic heterocycles. The van der Waals surface area contributed by atoms with E-state index in [1.54, 1.807) is 15.9 Å². The van der Waals surface area contributed by atoms with Gasteiger partial charge in [0.2, 0.25) is 10.0 Å². The lowest BCUT2D eigenvalue weighted by molar-refractivity contribution is 0.179. The zero-order valence-electron chi connectivity index (χ0n) is 14.2. The van der Waals surface area contributed by atoms with Gasteiger partial charge in [-0.2, -0.15) is 9.40 Å². The van der Waals surface area contributed by atoms with E-state index in [0.29, 0.717) is 36.3 Å². The van der Waals surface area contributed by atoms with E-state index in [0.717, 1.165) is 38.3 Å². The highest BCUT2D eigenvalue weighted by Gasteiger charge is 2.38. The molecule has 8 heteroatoms. The predicted molar refractivity (Wildman–Crippen MR) is 89.0 cm³/mol. The van der Waals surface area contributed by atoms with E-state index in [9.17, 15) is 8.42 Å². The topological polar surface area (TPSA) is 70.5 Å². The summed E-state index contributed by atoms with van der Waals surface area (Å²) in [5, 5.41) is 7.71. The minimum absolute atomic E-state index is 0.341. The summed E-state index contributed by atoms with van der Waals surface area (Å²) in [7, 11) is -3.45. The molecular formula is C15H27N5O2S. The van der Waals surface area contributed by atoms with Gasteiger partial charge in [0, 0.05) is 51.9 Å². The van der Waals surface area contributed by atoms with E-state index in [1.165, 1.54) is 0 Å². The summed E-state index contributed by atoms with van der Waals surface area (Å²) >= 11 is 0. The number of rotatable bonds is 4. The van der Waals surface area contributed by atoms with Gasteiger partial charge in [-0.05, 0) is 27.2 Å². The third-order valence-corrected chi connectivity index (χ3v) is 7.12. The predicted octanol–water partition coefficient (Wildman–Crippen LogP) is 0.188. The van der Waals surface area contributed by atoms with E-state index >= 15 is 0 Å². The molecule has 0 saturated carbocycles. The number of nitrogens with zero attached hydrogens (tertiary/aromatic N) is 4. The fraction of sp³-hybridized carbons (Fsp3) is 0.800. The highest BCUT2D eigenvalue weighted by atomic mass is 32.2. The Bertz CT molecular complexity index is 664. The van der Waals surface area contributed by atoms with Gasteiger partial charge in [-0.25, -0.2) is 8.42 Å². The van der Waals surface area contributed by atoms with Crippen molar-refractivity contribution in [2.45, 2.75) is 44.7 Å². The Morgan fingerprint density at radius 3 is 2.52 bits per heavy atom. The van der Waals surface area contributed by atoms with Crippen LogP contribution in [0.1, 0.15) is 24.7 Å². The molecule has 1 aromatic rings. The van der Waals surface area contributed by atoms with Crippen LogP contribution in [0.5, 0.6) is 0 Å². The van der Waals surface area contributed by atoms with Crippen LogP contribution in [0, 0.1) is 13.8 Å². The van der Waals surface area contributed by atoms with Crippen molar-refractivity contribution in [1.29, 1.82) is 0 Å². The second-order valence-electron chi connectivity index (χ2n) is 6.41. The number of aryl methyl sites for hydroxylation is 2. The normalized spacial score (nSPS) is 24.4. The maximum absolute atomic E-state index is 13.1. The van der Waals surface area contributed by atoms with E-state index in [1.807, 2.05) is 13.8 Å². The highest BCUT2D eigenvalue weighted by Crippen LogP contribution is 2.28. The molecule has 1 unspecified atom stereocenters. The fourth-order valence-electron chi connectivity index (χ4n) is 3.77. The minimum atomic E-state index is -3.45. The Labute approximate surface area is 138 Å². The van der Waals surface area contributed by atoms with Gasteiger partial charge in [0.05, 0.1) is 11.4 Å². The number of aromatic nitrogens is 2. The van der Waals surface area contributed by atoms with Crippen LogP contribution in [-0.2, 0) is 16.6 Å². The summed E-state index contributed by atoms with van der Waals surface area (Å²) in [5.74, 6) is 0. The molecule has 2 aliphatic rings. The third kappa shape index (κ3) is 3.05. The van der Waals surface area contributed by atoms with Gasteiger partial charge in [0.1, 0.15) is 4.90 Å². The molecule has 0 amide bonds. The first-order valence-corrected chi connectivity index (χ1v) is 9.88. The lowest BCUT2D eigenvalue weighted by Gasteiger charge is -2.32. The van der Waals surface area contributed by atoms with Crippen molar-refractivity contribution < 1.29 is 8.42 Å². The average molecular weight is 341 g/mol. The number of hydrogen-bond donors (Lipinski definition) is 1. The summed E-state index contributed by atoms with van der Waals surface area (Å²) in [6, 6.07) is 0.341. The number of hydrogen-bond acceptors (Lipinski definition) is 5. The Balaban J connectivity index is 1.80. The van der Waals surface area contributed by atoms with Crippen LogP contribution in [0.3, 0.4) is 0 Å². The second-order valence-corrected chi connectivity index (χ2v) is 8.28. The van der Waals surface area contributed by atoms with Crippen LogP contribution in [0.4, 0.5) is 0 Å². The Morgan fingerprint density at radius 1 is 1.22 bits per heavy atom. The fourth-order valence-corrected chi connectivity index (χ4v) is 5.63. The summed E-state index contributed by atoms with van der Waals surface area (Å²) in [6.45, 7) is 11.5. The zero-order valence-corrected chi connectivity index (χ0v) is 15.1. The molecule has 23 heavy (non-hydrogen) atoms. The van der Waals surface area contributed by atoms with Gasteiger partial charge in [0.25, 0.3) is 0 Å². The molecule has 1 N–H and O–H groups in total. The lowest BCUT2D eigenvalue weighted by Crippen LogP contribution is -2.49. The summed E-state index contributed by atoms with van der Waals surface area (Å²) < 4.78 is 29.6. The monoisotopic (exact) mass is 341 g/mol. The SMILES string of the molecule is CCn1nc(C)c(S(=O)(=O)N2CCC(N3CCNCC3)C2)c1C. The first-order chi connectivity index (χ1) is 10.9. The molecule has 3 heterocycles. The van der Waals surface area contributed by atoms with Crippen LogP contribution in [-0.4, -0.2) is 72.7 Å². The Kier molecular flexibility index (Phi) is 4.78. The molecular weight excluding hydrogens is 314 g/mol. The van der Waals surface area contributed by atoms with Crippen molar-refractivity contribution in [1.82, 2.24) is 24.3 Å². The summed E-state index contributed by atoms with van der Waals surface area (Å²) in [6.07, 6.45) is 0.916.